The highest BCUT2D eigenvalue weighted by molar-refractivity contribution is 6.05. The van der Waals surface area contributed by atoms with E-state index < -0.39 is 0 Å². The van der Waals surface area contributed by atoms with Crippen LogP contribution >= 0.6 is 0 Å². The third-order valence-corrected chi connectivity index (χ3v) is 7.34. The molecule has 40 heavy (non-hydrogen) atoms. The number of aromatic nitrogens is 2. The molecular weight excluding hydrogens is 496 g/mol. The van der Waals surface area contributed by atoms with Crippen molar-refractivity contribution in [2.24, 2.45) is 0 Å². The van der Waals surface area contributed by atoms with Gasteiger partial charge in [0.15, 0.2) is 10.9 Å². The van der Waals surface area contributed by atoms with Gasteiger partial charge in [-0.3, -0.25) is 9.59 Å². The van der Waals surface area contributed by atoms with Crippen LogP contribution in [0.4, 0.5) is 0 Å². The van der Waals surface area contributed by atoms with Gasteiger partial charge in [-0.05, 0) is 72.8 Å². The monoisotopic (exact) mass is 514 g/mol. The van der Waals surface area contributed by atoms with Crippen molar-refractivity contribution in [3.63, 3.8) is 0 Å². The van der Waals surface area contributed by atoms with Crippen LogP contribution in [0.5, 0.6) is 0 Å². The second-order valence-electron chi connectivity index (χ2n) is 9.57. The van der Waals surface area contributed by atoms with E-state index in [2.05, 4.69) is 12.1 Å². The SMILES string of the molecule is N#Cc1ccc2c(c1)c(=O)c1cc3c(=O)c4cc(C#N)ccc4n(-c4ccccc4)c3cc1n2-c1ccccc1. The van der Waals surface area contributed by atoms with Gasteiger partial charge in [-0.15, -0.1) is 0 Å². The Kier molecular flexibility index (Phi) is 5.10. The number of rotatable bonds is 2. The quantitative estimate of drug-likeness (QED) is 0.252. The van der Waals surface area contributed by atoms with Crippen LogP contribution in [-0.2, 0) is 0 Å². The van der Waals surface area contributed by atoms with Crippen molar-refractivity contribution in [2.75, 3.05) is 0 Å². The van der Waals surface area contributed by atoms with Crippen molar-refractivity contribution in [3.8, 4) is 23.5 Å². The molecule has 0 aliphatic heterocycles. The van der Waals surface area contributed by atoms with E-state index in [9.17, 15) is 20.1 Å². The van der Waals surface area contributed by atoms with Crippen LogP contribution in [0.3, 0.4) is 0 Å². The van der Waals surface area contributed by atoms with Crippen molar-refractivity contribution in [2.45, 2.75) is 0 Å². The molecular formula is C34H18N4O2. The van der Waals surface area contributed by atoms with Gasteiger partial charge in [0.05, 0.1) is 45.3 Å². The summed E-state index contributed by atoms with van der Waals surface area (Å²) in [5.74, 6) is 0. The number of pyridine rings is 2. The molecule has 0 radical (unpaired) electrons. The third-order valence-electron chi connectivity index (χ3n) is 7.34. The number of fused-ring (bicyclic) bond motifs is 4. The zero-order valence-corrected chi connectivity index (χ0v) is 21.0. The smallest absolute Gasteiger partial charge is 0.197 e. The molecule has 0 aliphatic carbocycles. The molecule has 0 bridgehead atoms. The molecule has 6 heteroatoms. The van der Waals surface area contributed by atoms with Crippen molar-refractivity contribution >= 4 is 43.6 Å². The van der Waals surface area contributed by atoms with Crippen LogP contribution in [0.25, 0.3) is 55.0 Å². The lowest BCUT2D eigenvalue weighted by atomic mass is 10.0. The fourth-order valence-corrected chi connectivity index (χ4v) is 5.54. The van der Waals surface area contributed by atoms with Crippen molar-refractivity contribution in [3.05, 3.63) is 141 Å². The second kappa shape index (κ2) is 8.80. The topological polar surface area (TPSA) is 91.6 Å². The normalized spacial score (nSPS) is 11.2. The molecule has 2 heterocycles. The summed E-state index contributed by atoms with van der Waals surface area (Å²) < 4.78 is 3.99. The van der Waals surface area contributed by atoms with Crippen LogP contribution in [0.1, 0.15) is 11.1 Å². The van der Waals surface area contributed by atoms with E-state index >= 15 is 0 Å². The Labute approximate surface area is 227 Å². The highest BCUT2D eigenvalue weighted by Gasteiger charge is 2.19. The highest BCUT2D eigenvalue weighted by atomic mass is 16.1. The van der Waals surface area contributed by atoms with E-state index in [1.165, 1.54) is 0 Å². The van der Waals surface area contributed by atoms with Crippen molar-refractivity contribution in [1.82, 2.24) is 9.13 Å². The summed E-state index contributed by atoms with van der Waals surface area (Å²) in [6.45, 7) is 0. The minimum atomic E-state index is -0.257. The van der Waals surface area contributed by atoms with Gasteiger partial charge in [0, 0.05) is 32.9 Å². The van der Waals surface area contributed by atoms with Crippen LogP contribution in [0.15, 0.2) is 119 Å². The first kappa shape index (κ1) is 23.2. The molecule has 0 saturated heterocycles. The second-order valence-corrected chi connectivity index (χ2v) is 9.57. The molecule has 7 rings (SSSR count). The zero-order chi connectivity index (χ0) is 27.4. The Bertz CT molecular complexity index is 2210. The van der Waals surface area contributed by atoms with Gasteiger partial charge in [0.25, 0.3) is 0 Å². The number of nitrogens with zero attached hydrogens (tertiary/aromatic N) is 4. The molecule has 0 amide bonds. The molecule has 0 fully saturated rings. The average Bonchev–Trinajstić information content (AvgIpc) is 3.01. The van der Waals surface area contributed by atoms with Gasteiger partial charge in [-0.1, -0.05) is 36.4 Å². The maximum Gasteiger partial charge on any atom is 0.197 e. The number of hydrogen-bond acceptors (Lipinski definition) is 4. The Balaban J connectivity index is 1.77. The van der Waals surface area contributed by atoms with Gasteiger partial charge < -0.3 is 9.13 Å². The van der Waals surface area contributed by atoms with Gasteiger partial charge in [-0.2, -0.15) is 10.5 Å². The number of nitriles is 2. The minimum absolute atomic E-state index is 0.257. The van der Waals surface area contributed by atoms with Gasteiger partial charge in [0.2, 0.25) is 0 Å². The van der Waals surface area contributed by atoms with E-state index in [4.69, 9.17) is 0 Å². The first-order valence-corrected chi connectivity index (χ1v) is 12.6. The molecule has 0 N–H and O–H groups in total. The molecule has 0 unspecified atom stereocenters. The van der Waals surface area contributed by atoms with Gasteiger partial charge in [-0.25, -0.2) is 0 Å². The van der Waals surface area contributed by atoms with E-state index in [1.807, 2.05) is 75.9 Å². The molecule has 0 atom stereocenters. The summed E-state index contributed by atoms with van der Waals surface area (Å²) in [4.78, 5) is 27.9. The molecule has 186 valence electrons. The van der Waals surface area contributed by atoms with Gasteiger partial charge in [0.1, 0.15) is 0 Å². The summed E-state index contributed by atoms with van der Waals surface area (Å²) in [5.41, 5.74) is 4.53. The predicted molar refractivity (Wildman–Crippen MR) is 157 cm³/mol. The van der Waals surface area contributed by atoms with E-state index in [0.29, 0.717) is 54.7 Å². The fraction of sp³-hybridized carbons (Fsp3) is 0. The van der Waals surface area contributed by atoms with E-state index in [1.54, 1.807) is 42.5 Å². The van der Waals surface area contributed by atoms with Crippen LogP contribution in [-0.4, -0.2) is 9.13 Å². The maximum absolute atomic E-state index is 13.9. The van der Waals surface area contributed by atoms with E-state index in [0.717, 1.165) is 11.4 Å². The molecule has 0 spiro atoms. The number of hydrogen-bond donors (Lipinski definition) is 0. The molecule has 0 aliphatic rings. The average molecular weight is 515 g/mol. The zero-order valence-electron chi connectivity index (χ0n) is 21.0. The summed E-state index contributed by atoms with van der Waals surface area (Å²) in [7, 11) is 0. The third kappa shape index (κ3) is 3.34. The molecule has 6 nitrogen and oxygen atoms in total. The summed E-state index contributed by atoms with van der Waals surface area (Å²) in [6, 6.07) is 37.4. The fourth-order valence-electron chi connectivity index (χ4n) is 5.54. The predicted octanol–water partition coefficient (Wildman–Crippen LogP) is 6.34. The summed E-state index contributed by atoms with van der Waals surface area (Å²) >= 11 is 0. The lowest BCUT2D eigenvalue weighted by Gasteiger charge is -2.19. The first-order valence-electron chi connectivity index (χ1n) is 12.6. The molecule has 5 aromatic carbocycles. The highest BCUT2D eigenvalue weighted by Crippen LogP contribution is 2.31. The Morgan fingerprint density at radius 1 is 0.450 bits per heavy atom. The lowest BCUT2D eigenvalue weighted by Crippen LogP contribution is -2.15. The van der Waals surface area contributed by atoms with Crippen LogP contribution in [0, 0.1) is 22.7 Å². The molecule has 7 aromatic rings. The summed E-state index contributed by atoms with van der Waals surface area (Å²) in [5, 5.41) is 20.6. The van der Waals surface area contributed by atoms with Crippen LogP contribution < -0.4 is 10.9 Å². The minimum Gasteiger partial charge on any atom is -0.309 e. The first-order chi connectivity index (χ1) is 19.6. The lowest BCUT2D eigenvalue weighted by molar-refractivity contribution is 1.14. The Morgan fingerprint density at radius 2 is 0.850 bits per heavy atom. The number of para-hydroxylation sites is 2. The Morgan fingerprint density at radius 3 is 1.25 bits per heavy atom. The molecule has 0 saturated carbocycles. The summed E-state index contributed by atoms with van der Waals surface area (Å²) in [6.07, 6.45) is 0. The largest absolute Gasteiger partial charge is 0.309 e. The van der Waals surface area contributed by atoms with Gasteiger partial charge >= 0.3 is 0 Å². The maximum atomic E-state index is 13.9. The standard InChI is InChI=1S/C34H18N4O2/c35-19-21-11-13-29-25(15-21)33(39)27-17-28-32(18-31(27)37(29)23-7-3-1-4-8-23)38(24-9-5-2-6-10-24)30-14-12-22(20-36)16-26(30)34(28)40/h1-18H. The van der Waals surface area contributed by atoms with Crippen LogP contribution in [0.2, 0.25) is 0 Å². The number of benzene rings is 5. The Hall–Kier alpha value is -5.98. The van der Waals surface area contributed by atoms with E-state index in [-0.39, 0.29) is 10.9 Å². The van der Waals surface area contributed by atoms with Crippen molar-refractivity contribution < 1.29 is 0 Å². The van der Waals surface area contributed by atoms with Crippen molar-refractivity contribution in [1.29, 1.82) is 10.5 Å². The molecule has 2 aromatic heterocycles.